The monoisotopic (exact) mass is 301 g/mol. The molecule has 0 radical (unpaired) electrons. The Bertz CT molecular complexity index is 661. The highest BCUT2D eigenvalue weighted by Gasteiger charge is 2.20. The van der Waals surface area contributed by atoms with Gasteiger partial charge in [-0.05, 0) is 44.2 Å². The number of benzene rings is 1. The number of furan rings is 1. The van der Waals surface area contributed by atoms with Crippen molar-refractivity contribution in [2.24, 2.45) is 5.92 Å². The van der Waals surface area contributed by atoms with E-state index in [2.05, 4.69) is 12.2 Å². The molecule has 2 atom stereocenters. The van der Waals surface area contributed by atoms with Gasteiger partial charge in [0.05, 0.1) is 18.8 Å². The molecule has 0 aliphatic carbocycles. The lowest BCUT2D eigenvalue weighted by atomic mass is 9.96. The van der Waals surface area contributed by atoms with E-state index in [4.69, 9.17) is 9.15 Å². The number of ether oxygens (including phenoxy) is 1. The van der Waals surface area contributed by atoms with Crippen molar-refractivity contribution in [3.05, 3.63) is 35.6 Å². The summed E-state index contributed by atoms with van der Waals surface area (Å²) in [5, 5.41) is 4.08. The van der Waals surface area contributed by atoms with Gasteiger partial charge in [0, 0.05) is 24.1 Å². The Kier molecular flexibility index (Phi) is 4.48. The summed E-state index contributed by atoms with van der Waals surface area (Å²) >= 11 is 0. The van der Waals surface area contributed by atoms with Crippen molar-refractivity contribution >= 4 is 16.9 Å². The molecular formula is C18H23NO3. The van der Waals surface area contributed by atoms with Crippen molar-refractivity contribution in [3.8, 4) is 0 Å². The summed E-state index contributed by atoms with van der Waals surface area (Å²) in [7, 11) is 0. The molecule has 2 heterocycles. The van der Waals surface area contributed by atoms with Gasteiger partial charge in [0.2, 0.25) is 5.91 Å². The minimum absolute atomic E-state index is 0.0578. The summed E-state index contributed by atoms with van der Waals surface area (Å²) < 4.78 is 11.1. The lowest BCUT2D eigenvalue weighted by molar-refractivity contribution is -0.120. The van der Waals surface area contributed by atoms with E-state index in [9.17, 15) is 4.79 Å². The molecule has 0 spiro atoms. The smallest absolute Gasteiger partial charge is 0.224 e. The van der Waals surface area contributed by atoms with Gasteiger partial charge in [0.1, 0.15) is 5.58 Å². The van der Waals surface area contributed by atoms with Gasteiger partial charge in [-0.2, -0.15) is 0 Å². The second-order valence-corrected chi connectivity index (χ2v) is 6.31. The Morgan fingerprint density at radius 3 is 3.09 bits per heavy atom. The highest BCUT2D eigenvalue weighted by molar-refractivity contribution is 5.87. The SMILES string of the molecule is Cc1ccc2c(CC(=O)NC[C@H]3CCO[C@@H](C)C3)coc2c1. The van der Waals surface area contributed by atoms with Gasteiger partial charge in [0.15, 0.2) is 0 Å². The summed E-state index contributed by atoms with van der Waals surface area (Å²) in [4.78, 5) is 12.2. The number of nitrogens with one attached hydrogen (secondary N) is 1. The Morgan fingerprint density at radius 2 is 2.27 bits per heavy atom. The van der Waals surface area contributed by atoms with Crippen LogP contribution in [0.15, 0.2) is 28.9 Å². The third-order valence-electron chi connectivity index (χ3n) is 4.34. The molecule has 3 rings (SSSR count). The van der Waals surface area contributed by atoms with E-state index < -0.39 is 0 Å². The number of amides is 1. The summed E-state index contributed by atoms with van der Waals surface area (Å²) in [5.41, 5.74) is 2.96. The average molecular weight is 301 g/mol. The molecule has 1 amide bonds. The van der Waals surface area contributed by atoms with Crippen LogP contribution in [-0.4, -0.2) is 25.2 Å². The van der Waals surface area contributed by atoms with Crippen molar-refractivity contribution < 1.29 is 13.9 Å². The Morgan fingerprint density at radius 1 is 1.41 bits per heavy atom. The maximum Gasteiger partial charge on any atom is 0.224 e. The Hall–Kier alpha value is -1.81. The summed E-state index contributed by atoms with van der Waals surface area (Å²) in [6.45, 7) is 5.66. The number of fused-ring (bicyclic) bond motifs is 1. The van der Waals surface area contributed by atoms with E-state index >= 15 is 0 Å². The van der Waals surface area contributed by atoms with E-state index in [1.54, 1.807) is 6.26 Å². The number of carbonyl (C=O) groups is 1. The molecule has 0 bridgehead atoms. The van der Waals surface area contributed by atoms with Gasteiger partial charge in [-0.3, -0.25) is 4.79 Å². The fourth-order valence-corrected chi connectivity index (χ4v) is 3.10. The maximum atomic E-state index is 12.2. The standard InChI is InChI=1S/C18H23NO3/c1-12-3-4-16-15(11-22-17(16)7-12)9-18(20)19-10-14-5-6-21-13(2)8-14/h3-4,7,11,13-14H,5-6,8-10H2,1-2H3,(H,19,20)/t13-,14-/m0/s1. The number of carbonyl (C=O) groups excluding carboxylic acids is 1. The van der Waals surface area contributed by atoms with Crippen LogP contribution < -0.4 is 5.32 Å². The molecule has 1 aliphatic rings. The van der Waals surface area contributed by atoms with Crippen LogP contribution in [-0.2, 0) is 16.0 Å². The van der Waals surface area contributed by atoms with Crippen LogP contribution >= 0.6 is 0 Å². The predicted octanol–water partition coefficient (Wildman–Crippen LogP) is 3.22. The lowest BCUT2D eigenvalue weighted by Gasteiger charge is -2.27. The molecule has 2 aromatic rings. The third kappa shape index (κ3) is 3.50. The maximum absolute atomic E-state index is 12.2. The average Bonchev–Trinajstić information content (AvgIpc) is 2.87. The predicted molar refractivity (Wildman–Crippen MR) is 85.8 cm³/mol. The zero-order chi connectivity index (χ0) is 15.5. The molecule has 0 saturated carbocycles. The largest absolute Gasteiger partial charge is 0.464 e. The summed E-state index contributed by atoms with van der Waals surface area (Å²) in [5.74, 6) is 0.582. The number of hydrogen-bond donors (Lipinski definition) is 1. The highest BCUT2D eigenvalue weighted by Crippen LogP contribution is 2.23. The van der Waals surface area contributed by atoms with Gasteiger partial charge in [-0.25, -0.2) is 0 Å². The first kappa shape index (κ1) is 15.1. The topological polar surface area (TPSA) is 51.5 Å². The van der Waals surface area contributed by atoms with E-state index in [0.29, 0.717) is 18.4 Å². The van der Waals surface area contributed by atoms with Crippen LogP contribution in [0.5, 0.6) is 0 Å². The Balaban J connectivity index is 1.56. The van der Waals surface area contributed by atoms with Gasteiger partial charge >= 0.3 is 0 Å². The minimum Gasteiger partial charge on any atom is -0.464 e. The van der Waals surface area contributed by atoms with Crippen LogP contribution in [0.25, 0.3) is 11.0 Å². The van der Waals surface area contributed by atoms with Gasteiger partial charge < -0.3 is 14.5 Å². The Labute approximate surface area is 130 Å². The zero-order valence-electron chi connectivity index (χ0n) is 13.2. The quantitative estimate of drug-likeness (QED) is 0.943. The number of aryl methyl sites for hydroxylation is 1. The zero-order valence-corrected chi connectivity index (χ0v) is 13.2. The van der Waals surface area contributed by atoms with Crippen LogP contribution in [0.3, 0.4) is 0 Å². The molecule has 1 aliphatic heterocycles. The van der Waals surface area contributed by atoms with Crippen molar-refractivity contribution in [3.63, 3.8) is 0 Å². The molecule has 1 aromatic carbocycles. The van der Waals surface area contributed by atoms with Crippen molar-refractivity contribution in [2.75, 3.05) is 13.2 Å². The van der Waals surface area contributed by atoms with E-state index in [1.165, 1.54) is 0 Å². The molecule has 4 nitrogen and oxygen atoms in total. The van der Waals surface area contributed by atoms with Crippen molar-refractivity contribution in [1.82, 2.24) is 5.32 Å². The van der Waals surface area contributed by atoms with Gasteiger partial charge in [0.25, 0.3) is 0 Å². The fourth-order valence-electron chi connectivity index (χ4n) is 3.10. The molecule has 1 fully saturated rings. The molecule has 0 unspecified atom stereocenters. The third-order valence-corrected chi connectivity index (χ3v) is 4.34. The van der Waals surface area contributed by atoms with Crippen LogP contribution in [0, 0.1) is 12.8 Å². The van der Waals surface area contributed by atoms with Crippen molar-refractivity contribution in [2.45, 2.75) is 39.2 Å². The van der Waals surface area contributed by atoms with Crippen molar-refractivity contribution in [1.29, 1.82) is 0 Å². The molecule has 4 heteroatoms. The van der Waals surface area contributed by atoms with E-state index in [-0.39, 0.29) is 5.91 Å². The first-order valence-corrected chi connectivity index (χ1v) is 7.97. The van der Waals surface area contributed by atoms with E-state index in [1.807, 2.05) is 25.1 Å². The van der Waals surface area contributed by atoms with Crippen LogP contribution in [0.1, 0.15) is 30.9 Å². The number of rotatable bonds is 4. The number of hydrogen-bond acceptors (Lipinski definition) is 3. The first-order valence-electron chi connectivity index (χ1n) is 7.97. The first-order chi connectivity index (χ1) is 10.6. The van der Waals surface area contributed by atoms with Crippen LogP contribution in [0.4, 0.5) is 0 Å². The second-order valence-electron chi connectivity index (χ2n) is 6.31. The molecule has 1 saturated heterocycles. The molecular weight excluding hydrogens is 278 g/mol. The van der Waals surface area contributed by atoms with E-state index in [0.717, 1.165) is 48.1 Å². The molecule has 1 aromatic heterocycles. The summed E-state index contributed by atoms with van der Waals surface area (Å²) in [6.07, 6.45) is 4.42. The highest BCUT2D eigenvalue weighted by atomic mass is 16.5. The van der Waals surface area contributed by atoms with Crippen LogP contribution in [0.2, 0.25) is 0 Å². The molecule has 22 heavy (non-hydrogen) atoms. The fraction of sp³-hybridized carbons (Fsp3) is 0.500. The summed E-state index contributed by atoms with van der Waals surface area (Å²) in [6, 6.07) is 6.07. The van der Waals surface area contributed by atoms with Gasteiger partial charge in [-0.15, -0.1) is 0 Å². The second kappa shape index (κ2) is 6.53. The minimum atomic E-state index is 0.0578. The normalized spacial score (nSPS) is 21.9. The molecule has 118 valence electrons. The van der Waals surface area contributed by atoms with Gasteiger partial charge in [-0.1, -0.05) is 12.1 Å². The molecule has 1 N–H and O–H groups in total. The lowest BCUT2D eigenvalue weighted by Crippen LogP contribution is -2.34.